The van der Waals surface area contributed by atoms with Crippen molar-refractivity contribution in [1.82, 2.24) is 9.97 Å². The lowest BCUT2D eigenvalue weighted by molar-refractivity contribution is 0.917. The van der Waals surface area contributed by atoms with Crippen LogP contribution in [0.15, 0.2) is 29.2 Å². The van der Waals surface area contributed by atoms with Gasteiger partial charge in [-0.3, -0.25) is 0 Å². The van der Waals surface area contributed by atoms with Crippen molar-refractivity contribution in [1.29, 1.82) is 0 Å². The lowest BCUT2D eigenvalue weighted by Gasteiger charge is -2.04. The summed E-state index contributed by atoms with van der Waals surface area (Å²) in [5.41, 5.74) is 2.40. The summed E-state index contributed by atoms with van der Waals surface area (Å²) in [4.78, 5) is 13.0. The van der Waals surface area contributed by atoms with E-state index < -0.39 is 0 Å². The Morgan fingerprint density at radius 2 is 1.95 bits per heavy atom. The third kappa shape index (κ3) is 2.26. The molecule has 106 valence electrons. The van der Waals surface area contributed by atoms with E-state index in [0.29, 0.717) is 5.15 Å². The zero-order chi connectivity index (χ0) is 14.4. The SMILES string of the molecule is CSc1ccc(-c2nc(Cl)c3c4c(sc3n2)CCC4)cc1. The van der Waals surface area contributed by atoms with Gasteiger partial charge in [0.15, 0.2) is 5.82 Å². The van der Waals surface area contributed by atoms with Crippen molar-refractivity contribution in [2.24, 2.45) is 0 Å². The Kier molecular flexibility index (Phi) is 3.40. The molecule has 0 atom stereocenters. The highest BCUT2D eigenvalue weighted by atomic mass is 35.5. The number of thiophene rings is 1. The number of aromatic nitrogens is 2. The normalized spacial score (nSPS) is 13.8. The number of hydrogen-bond donors (Lipinski definition) is 0. The first-order chi connectivity index (χ1) is 10.3. The Hall–Kier alpha value is -1.10. The van der Waals surface area contributed by atoms with Crippen LogP contribution in [0.25, 0.3) is 21.6 Å². The molecule has 0 unspecified atom stereocenters. The van der Waals surface area contributed by atoms with E-state index >= 15 is 0 Å². The van der Waals surface area contributed by atoms with E-state index in [2.05, 4.69) is 35.5 Å². The maximum Gasteiger partial charge on any atom is 0.162 e. The third-order valence-electron chi connectivity index (χ3n) is 3.87. The first-order valence-corrected chi connectivity index (χ1v) is 9.30. The van der Waals surface area contributed by atoms with Gasteiger partial charge in [-0.2, -0.15) is 0 Å². The highest BCUT2D eigenvalue weighted by Gasteiger charge is 2.21. The van der Waals surface area contributed by atoms with Gasteiger partial charge in [-0.05, 0) is 43.2 Å². The topological polar surface area (TPSA) is 25.8 Å². The van der Waals surface area contributed by atoms with E-state index in [0.717, 1.165) is 34.4 Å². The molecule has 0 aliphatic heterocycles. The number of halogens is 1. The molecule has 2 heterocycles. The quantitative estimate of drug-likeness (QED) is 0.475. The summed E-state index contributed by atoms with van der Waals surface area (Å²) < 4.78 is 0. The third-order valence-corrected chi connectivity index (χ3v) is 6.07. The van der Waals surface area contributed by atoms with Gasteiger partial charge in [0, 0.05) is 15.3 Å². The molecule has 0 N–H and O–H groups in total. The van der Waals surface area contributed by atoms with Crippen LogP contribution in [-0.2, 0) is 12.8 Å². The number of nitrogens with zero attached hydrogens (tertiary/aromatic N) is 2. The molecular formula is C16H13ClN2S2. The van der Waals surface area contributed by atoms with Crippen molar-refractivity contribution in [3.8, 4) is 11.4 Å². The van der Waals surface area contributed by atoms with E-state index in [1.165, 1.54) is 21.8 Å². The molecule has 2 aromatic heterocycles. The summed E-state index contributed by atoms with van der Waals surface area (Å²) >= 11 is 9.95. The molecule has 0 spiro atoms. The molecule has 5 heteroatoms. The maximum atomic E-state index is 6.45. The maximum absolute atomic E-state index is 6.45. The molecule has 1 aliphatic rings. The van der Waals surface area contributed by atoms with E-state index in [1.54, 1.807) is 23.1 Å². The van der Waals surface area contributed by atoms with Gasteiger partial charge in [-0.15, -0.1) is 23.1 Å². The summed E-state index contributed by atoms with van der Waals surface area (Å²) in [7, 11) is 0. The summed E-state index contributed by atoms with van der Waals surface area (Å²) in [6.07, 6.45) is 5.57. The number of rotatable bonds is 2. The number of thioether (sulfide) groups is 1. The minimum Gasteiger partial charge on any atom is -0.217 e. The van der Waals surface area contributed by atoms with Gasteiger partial charge in [0.2, 0.25) is 0 Å². The molecule has 3 aromatic rings. The first kappa shape index (κ1) is 13.6. The van der Waals surface area contributed by atoms with E-state index in [9.17, 15) is 0 Å². The Balaban J connectivity index is 1.86. The molecule has 21 heavy (non-hydrogen) atoms. The minimum absolute atomic E-state index is 0.600. The van der Waals surface area contributed by atoms with Crippen molar-refractivity contribution in [2.45, 2.75) is 24.2 Å². The molecule has 0 radical (unpaired) electrons. The lowest BCUT2D eigenvalue weighted by atomic mass is 10.2. The van der Waals surface area contributed by atoms with Crippen LogP contribution in [0.1, 0.15) is 16.9 Å². The highest BCUT2D eigenvalue weighted by Crippen LogP contribution is 2.40. The van der Waals surface area contributed by atoms with Crippen LogP contribution >= 0.6 is 34.7 Å². The molecule has 1 aromatic carbocycles. The van der Waals surface area contributed by atoms with Crippen LogP contribution in [0.3, 0.4) is 0 Å². The molecule has 0 saturated heterocycles. The summed E-state index contributed by atoms with van der Waals surface area (Å²) in [5.74, 6) is 0.722. The number of aryl methyl sites for hydroxylation is 2. The fourth-order valence-electron chi connectivity index (χ4n) is 2.82. The van der Waals surface area contributed by atoms with Crippen LogP contribution in [0.5, 0.6) is 0 Å². The monoisotopic (exact) mass is 332 g/mol. The van der Waals surface area contributed by atoms with Gasteiger partial charge >= 0.3 is 0 Å². The second-order valence-corrected chi connectivity index (χ2v) is 7.43. The smallest absolute Gasteiger partial charge is 0.162 e. The Morgan fingerprint density at radius 3 is 2.71 bits per heavy atom. The van der Waals surface area contributed by atoms with E-state index in [-0.39, 0.29) is 0 Å². The van der Waals surface area contributed by atoms with Crippen LogP contribution < -0.4 is 0 Å². The van der Waals surface area contributed by atoms with Crippen LogP contribution in [-0.4, -0.2) is 16.2 Å². The molecule has 0 bridgehead atoms. The average Bonchev–Trinajstić information content (AvgIpc) is 3.07. The minimum atomic E-state index is 0.600. The fourth-order valence-corrected chi connectivity index (χ4v) is 4.83. The van der Waals surface area contributed by atoms with Crippen LogP contribution in [0.4, 0.5) is 0 Å². The average molecular weight is 333 g/mol. The second kappa shape index (κ2) is 5.27. The van der Waals surface area contributed by atoms with Gasteiger partial charge in [-0.1, -0.05) is 23.7 Å². The zero-order valence-corrected chi connectivity index (χ0v) is 13.9. The van der Waals surface area contributed by atoms with Crippen LogP contribution in [0.2, 0.25) is 5.15 Å². The number of benzene rings is 1. The predicted octanol–water partition coefficient (Wildman–Crippen LogP) is 5.22. The summed E-state index contributed by atoms with van der Waals surface area (Å²) in [6.45, 7) is 0. The van der Waals surface area contributed by atoms with Gasteiger partial charge < -0.3 is 0 Å². The largest absolute Gasteiger partial charge is 0.217 e. The van der Waals surface area contributed by atoms with Gasteiger partial charge in [0.25, 0.3) is 0 Å². The predicted molar refractivity (Wildman–Crippen MR) is 91.7 cm³/mol. The van der Waals surface area contributed by atoms with Crippen molar-refractivity contribution < 1.29 is 0 Å². The lowest BCUT2D eigenvalue weighted by Crippen LogP contribution is -1.91. The second-order valence-electron chi connectivity index (χ2n) is 5.10. The molecule has 1 aliphatic carbocycles. The fraction of sp³-hybridized carbons (Fsp3) is 0.250. The Morgan fingerprint density at radius 1 is 1.14 bits per heavy atom. The van der Waals surface area contributed by atoms with Gasteiger partial charge in [-0.25, -0.2) is 9.97 Å². The first-order valence-electron chi connectivity index (χ1n) is 6.88. The molecule has 0 saturated carbocycles. The van der Waals surface area contributed by atoms with Crippen molar-refractivity contribution in [3.63, 3.8) is 0 Å². The molecule has 0 amide bonds. The summed E-state index contributed by atoms with van der Waals surface area (Å²) in [5, 5.41) is 1.68. The molecular weight excluding hydrogens is 320 g/mol. The highest BCUT2D eigenvalue weighted by molar-refractivity contribution is 7.98. The van der Waals surface area contributed by atoms with E-state index in [1.807, 2.05) is 0 Å². The Labute approximate surface area is 136 Å². The molecule has 4 rings (SSSR count). The van der Waals surface area contributed by atoms with Crippen molar-refractivity contribution in [3.05, 3.63) is 39.9 Å². The van der Waals surface area contributed by atoms with Gasteiger partial charge in [0.05, 0.1) is 5.39 Å². The number of hydrogen-bond acceptors (Lipinski definition) is 4. The van der Waals surface area contributed by atoms with E-state index in [4.69, 9.17) is 16.6 Å². The zero-order valence-electron chi connectivity index (χ0n) is 11.5. The Bertz CT molecular complexity index is 824. The standard InChI is InChI=1S/C16H13ClN2S2/c1-20-10-7-5-9(6-8-10)15-18-14(17)13-11-3-2-4-12(11)21-16(13)19-15/h5-8H,2-4H2,1H3. The molecule has 2 nitrogen and oxygen atoms in total. The summed E-state index contributed by atoms with van der Waals surface area (Å²) in [6, 6.07) is 8.31. The molecule has 0 fully saturated rings. The van der Waals surface area contributed by atoms with Crippen molar-refractivity contribution in [2.75, 3.05) is 6.26 Å². The number of fused-ring (bicyclic) bond motifs is 3. The van der Waals surface area contributed by atoms with Crippen LogP contribution in [0, 0.1) is 0 Å². The van der Waals surface area contributed by atoms with Crippen molar-refractivity contribution >= 4 is 44.9 Å². The van der Waals surface area contributed by atoms with Gasteiger partial charge in [0.1, 0.15) is 9.98 Å².